The summed E-state index contributed by atoms with van der Waals surface area (Å²) in [5.74, 6) is 0. The Kier molecular flexibility index (Phi) is 4.50. The molecule has 0 aromatic heterocycles. The van der Waals surface area contributed by atoms with Crippen LogP contribution in [0.1, 0.15) is 6.92 Å². The molecule has 1 rings (SSSR count). The van der Waals surface area contributed by atoms with Gasteiger partial charge in [-0.05, 0) is 6.92 Å². The summed E-state index contributed by atoms with van der Waals surface area (Å²) in [5, 5.41) is 2.49. The van der Waals surface area contributed by atoms with Crippen LogP contribution >= 0.6 is 34.8 Å². The van der Waals surface area contributed by atoms with Crippen molar-refractivity contribution in [1.82, 2.24) is 10.2 Å². The molecule has 0 aromatic carbocycles. The summed E-state index contributed by atoms with van der Waals surface area (Å²) in [4.78, 5) is 12.8. The Balaban J connectivity index is 2.90. The molecule has 0 bridgehead atoms. The van der Waals surface area contributed by atoms with Crippen molar-refractivity contribution in [2.24, 2.45) is 0 Å². The summed E-state index contributed by atoms with van der Waals surface area (Å²) in [6.45, 7) is 6.01. The second-order valence-electron chi connectivity index (χ2n) is 3.04. The van der Waals surface area contributed by atoms with Crippen molar-refractivity contribution in [3.8, 4) is 0 Å². The van der Waals surface area contributed by atoms with Gasteiger partial charge < -0.3 is 10.1 Å². The fraction of sp³-hybridized carbons (Fsp3) is 0.444. The molecule has 0 aromatic rings. The number of nitrogens with zero attached hydrogens (tertiary/aromatic N) is 1. The largest absolute Gasteiger partial charge is 0.361 e. The summed E-state index contributed by atoms with van der Waals surface area (Å²) in [5.41, 5.74) is 0.592. The normalized spacial score (nSPS) is 17.2. The highest BCUT2D eigenvalue weighted by molar-refractivity contribution is 6.69. The zero-order valence-electron chi connectivity index (χ0n) is 8.60. The van der Waals surface area contributed by atoms with E-state index in [-0.39, 0.29) is 18.5 Å². The van der Waals surface area contributed by atoms with Gasteiger partial charge in [0.25, 0.3) is 0 Å². The van der Waals surface area contributed by atoms with Crippen molar-refractivity contribution in [1.29, 1.82) is 0 Å². The second kappa shape index (κ2) is 5.27. The molecule has 0 saturated heterocycles. The van der Waals surface area contributed by atoms with E-state index in [1.807, 2.05) is 6.92 Å². The third kappa shape index (κ3) is 3.28. The van der Waals surface area contributed by atoms with E-state index < -0.39 is 3.79 Å². The van der Waals surface area contributed by atoms with E-state index in [0.717, 1.165) is 0 Å². The standard InChI is InChI=1S/C9H11Cl3N2O2/c1-3-16-5-14-4-7(9(10,11)12)6(2)13-8(14)15/h4H,2-3,5H2,1H3,(H,13,15). The number of carbonyl (C=O) groups is 1. The number of carbonyl (C=O) groups excluding carboxylic acids is 1. The monoisotopic (exact) mass is 284 g/mol. The number of ether oxygens (including phenoxy) is 1. The summed E-state index contributed by atoms with van der Waals surface area (Å²) in [6.07, 6.45) is 1.42. The number of allylic oxidation sites excluding steroid dienone is 1. The topological polar surface area (TPSA) is 41.6 Å². The van der Waals surface area contributed by atoms with Gasteiger partial charge in [0.05, 0.1) is 0 Å². The molecular weight excluding hydrogens is 274 g/mol. The lowest BCUT2D eigenvalue weighted by Gasteiger charge is -2.29. The number of rotatable bonds is 3. The van der Waals surface area contributed by atoms with Crippen LogP contribution < -0.4 is 5.32 Å². The third-order valence-electron chi connectivity index (χ3n) is 1.87. The molecule has 1 aliphatic heterocycles. The first-order chi connectivity index (χ1) is 7.36. The average Bonchev–Trinajstić information content (AvgIpc) is 2.14. The smallest absolute Gasteiger partial charge is 0.327 e. The van der Waals surface area contributed by atoms with Crippen LogP contribution in [0.2, 0.25) is 0 Å². The molecule has 4 nitrogen and oxygen atoms in total. The molecule has 0 radical (unpaired) electrons. The Morgan fingerprint density at radius 1 is 1.56 bits per heavy atom. The minimum Gasteiger partial charge on any atom is -0.361 e. The Labute approximate surface area is 109 Å². The van der Waals surface area contributed by atoms with Crippen LogP contribution in [0.5, 0.6) is 0 Å². The first-order valence-corrected chi connectivity index (χ1v) is 5.63. The molecule has 1 aliphatic rings. The Morgan fingerprint density at radius 3 is 2.69 bits per heavy atom. The van der Waals surface area contributed by atoms with Gasteiger partial charge in [0.2, 0.25) is 3.79 Å². The molecule has 16 heavy (non-hydrogen) atoms. The van der Waals surface area contributed by atoms with Crippen LogP contribution in [-0.4, -0.2) is 28.1 Å². The van der Waals surface area contributed by atoms with E-state index in [9.17, 15) is 4.79 Å². The van der Waals surface area contributed by atoms with Crippen molar-refractivity contribution >= 4 is 40.8 Å². The maximum Gasteiger partial charge on any atom is 0.327 e. The van der Waals surface area contributed by atoms with Crippen LogP contribution in [-0.2, 0) is 4.74 Å². The van der Waals surface area contributed by atoms with Gasteiger partial charge >= 0.3 is 6.03 Å². The highest BCUT2D eigenvalue weighted by Gasteiger charge is 2.33. The second-order valence-corrected chi connectivity index (χ2v) is 5.32. The van der Waals surface area contributed by atoms with Gasteiger partial charge in [0, 0.05) is 24.1 Å². The number of urea groups is 1. The van der Waals surface area contributed by atoms with Gasteiger partial charge in [0.1, 0.15) is 6.73 Å². The predicted octanol–water partition coefficient (Wildman–Crippen LogP) is 2.77. The Bertz CT molecular complexity index is 336. The van der Waals surface area contributed by atoms with E-state index in [4.69, 9.17) is 39.5 Å². The fourth-order valence-electron chi connectivity index (χ4n) is 1.09. The molecule has 7 heteroatoms. The van der Waals surface area contributed by atoms with Gasteiger partial charge in [-0.2, -0.15) is 0 Å². The van der Waals surface area contributed by atoms with Crippen molar-refractivity contribution in [2.75, 3.05) is 13.3 Å². The van der Waals surface area contributed by atoms with Crippen LogP contribution in [0.25, 0.3) is 0 Å². The predicted molar refractivity (Wildman–Crippen MR) is 64.4 cm³/mol. The van der Waals surface area contributed by atoms with Crippen LogP contribution in [0.3, 0.4) is 0 Å². The molecule has 0 fully saturated rings. The Hall–Kier alpha value is -0.420. The summed E-state index contributed by atoms with van der Waals surface area (Å²) in [7, 11) is 0. The summed E-state index contributed by atoms with van der Waals surface area (Å²) >= 11 is 17.2. The average molecular weight is 286 g/mol. The molecule has 0 atom stereocenters. The zero-order chi connectivity index (χ0) is 12.3. The Morgan fingerprint density at radius 2 is 2.19 bits per heavy atom. The highest BCUT2D eigenvalue weighted by atomic mass is 35.6. The number of hydrogen-bond donors (Lipinski definition) is 1. The molecule has 0 spiro atoms. The fourth-order valence-corrected chi connectivity index (χ4v) is 1.58. The van der Waals surface area contributed by atoms with Gasteiger partial charge in [-0.15, -0.1) is 0 Å². The summed E-state index contributed by atoms with van der Waals surface area (Å²) in [6, 6.07) is -0.364. The van der Waals surface area contributed by atoms with Crippen molar-refractivity contribution in [3.63, 3.8) is 0 Å². The SMILES string of the molecule is C=C1NC(=O)N(COCC)C=C1C(Cl)(Cl)Cl. The number of nitrogens with one attached hydrogen (secondary N) is 1. The molecule has 0 unspecified atom stereocenters. The highest BCUT2D eigenvalue weighted by Crippen LogP contribution is 2.38. The summed E-state index contributed by atoms with van der Waals surface area (Å²) < 4.78 is 3.47. The third-order valence-corrected chi connectivity index (χ3v) is 2.48. The van der Waals surface area contributed by atoms with Crippen molar-refractivity contribution in [2.45, 2.75) is 10.7 Å². The minimum atomic E-state index is -1.63. The van der Waals surface area contributed by atoms with Gasteiger partial charge in [-0.1, -0.05) is 41.4 Å². The first kappa shape index (κ1) is 13.6. The molecule has 0 aliphatic carbocycles. The molecule has 2 amide bonds. The van der Waals surface area contributed by atoms with Gasteiger partial charge in [-0.25, -0.2) is 4.79 Å². The van der Waals surface area contributed by atoms with Crippen LogP contribution in [0.4, 0.5) is 4.79 Å². The van der Waals surface area contributed by atoms with E-state index in [2.05, 4.69) is 11.9 Å². The minimum absolute atomic E-state index is 0.0971. The van der Waals surface area contributed by atoms with E-state index in [1.54, 1.807) is 0 Å². The molecular formula is C9H11Cl3N2O2. The van der Waals surface area contributed by atoms with Crippen LogP contribution in [0, 0.1) is 0 Å². The lowest BCUT2D eigenvalue weighted by molar-refractivity contribution is 0.0757. The quantitative estimate of drug-likeness (QED) is 0.810. The van der Waals surface area contributed by atoms with E-state index in [1.165, 1.54) is 11.1 Å². The zero-order valence-corrected chi connectivity index (χ0v) is 10.9. The van der Waals surface area contributed by atoms with Gasteiger partial charge in [0.15, 0.2) is 0 Å². The maximum atomic E-state index is 11.5. The van der Waals surface area contributed by atoms with Gasteiger partial charge in [-0.3, -0.25) is 4.90 Å². The van der Waals surface area contributed by atoms with E-state index in [0.29, 0.717) is 12.2 Å². The maximum absolute atomic E-state index is 11.5. The van der Waals surface area contributed by atoms with Crippen molar-refractivity contribution in [3.05, 3.63) is 24.0 Å². The molecule has 1 heterocycles. The number of hydrogen-bond acceptors (Lipinski definition) is 2. The number of halogens is 3. The van der Waals surface area contributed by atoms with Crippen molar-refractivity contribution < 1.29 is 9.53 Å². The number of alkyl halides is 3. The lowest BCUT2D eigenvalue weighted by atomic mass is 10.2. The molecule has 1 N–H and O–H groups in total. The van der Waals surface area contributed by atoms with E-state index >= 15 is 0 Å². The first-order valence-electron chi connectivity index (χ1n) is 4.50. The molecule has 0 saturated carbocycles. The lowest BCUT2D eigenvalue weighted by Crippen LogP contribution is -2.43. The number of amides is 2. The van der Waals surface area contributed by atoms with Crippen LogP contribution in [0.15, 0.2) is 24.0 Å². The molecule has 90 valence electrons.